The third-order valence-electron chi connectivity index (χ3n) is 1.84. The maximum absolute atomic E-state index is 11.4. The van der Waals surface area contributed by atoms with Gasteiger partial charge in [0, 0.05) is 6.42 Å². The SMILES string of the molecule is CC(C)(C)C(=O)ON1CCCC1=O. The Morgan fingerprint density at radius 2 is 2.08 bits per heavy atom. The molecule has 0 aliphatic carbocycles. The number of nitrogens with zero attached hydrogens (tertiary/aromatic N) is 1. The molecule has 0 bridgehead atoms. The van der Waals surface area contributed by atoms with Crippen LogP contribution < -0.4 is 0 Å². The molecule has 1 saturated heterocycles. The molecular weight excluding hydrogens is 170 g/mol. The molecule has 0 N–H and O–H groups in total. The molecule has 74 valence electrons. The van der Waals surface area contributed by atoms with Gasteiger partial charge in [0.1, 0.15) is 0 Å². The van der Waals surface area contributed by atoms with E-state index in [9.17, 15) is 9.59 Å². The van der Waals surface area contributed by atoms with Crippen molar-refractivity contribution in [2.24, 2.45) is 5.41 Å². The van der Waals surface area contributed by atoms with Crippen LogP contribution in [0.25, 0.3) is 0 Å². The average molecular weight is 185 g/mol. The van der Waals surface area contributed by atoms with Gasteiger partial charge in [-0.25, -0.2) is 4.79 Å². The van der Waals surface area contributed by atoms with Gasteiger partial charge in [-0.3, -0.25) is 4.79 Å². The molecule has 1 heterocycles. The average Bonchev–Trinajstić information content (AvgIpc) is 2.34. The molecule has 1 aliphatic heterocycles. The molecular formula is C9H15NO3. The second kappa shape index (κ2) is 3.36. The van der Waals surface area contributed by atoms with Gasteiger partial charge in [-0.05, 0) is 27.2 Å². The minimum atomic E-state index is -0.553. The lowest BCUT2D eigenvalue weighted by Gasteiger charge is -2.21. The zero-order valence-corrected chi connectivity index (χ0v) is 8.29. The lowest BCUT2D eigenvalue weighted by atomic mass is 9.98. The molecule has 4 heteroatoms. The lowest BCUT2D eigenvalue weighted by Crippen LogP contribution is -2.34. The van der Waals surface area contributed by atoms with Crippen molar-refractivity contribution in [2.75, 3.05) is 6.54 Å². The fraction of sp³-hybridized carbons (Fsp3) is 0.778. The number of hydrogen-bond donors (Lipinski definition) is 0. The first-order valence-electron chi connectivity index (χ1n) is 4.44. The minimum absolute atomic E-state index is 0.0994. The van der Waals surface area contributed by atoms with Crippen molar-refractivity contribution in [1.82, 2.24) is 5.06 Å². The summed E-state index contributed by atoms with van der Waals surface area (Å²) in [5.74, 6) is -0.458. The Hall–Kier alpha value is -1.06. The Bertz CT molecular complexity index is 230. The van der Waals surface area contributed by atoms with Gasteiger partial charge >= 0.3 is 5.97 Å². The van der Waals surface area contributed by atoms with Crippen LogP contribution in [0.2, 0.25) is 0 Å². The van der Waals surface area contributed by atoms with Crippen molar-refractivity contribution < 1.29 is 14.4 Å². The Kier molecular flexibility index (Phi) is 2.59. The molecule has 1 rings (SSSR count). The third kappa shape index (κ3) is 2.44. The number of amides is 1. The normalized spacial score (nSPS) is 17.8. The highest BCUT2D eigenvalue weighted by Gasteiger charge is 2.30. The quantitative estimate of drug-likeness (QED) is 0.614. The molecule has 0 aromatic carbocycles. The van der Waals surface area contributed by atoms with E-state index in [4.69, 9.17) is 4.84 Å². The van der Waals surface area contributed by atoms with Crippen LogP contribution in [0.5, 0.6) is 0 Å². The topological polar surface area (TPSA) is 46.6 Å². The molecule has 4 nitrogen and oxygen atoms in total. The molecule has 0 aromatic heterocycles. The van der Waals surface area contributed by atoms with Crippen LogP contribution in [0.15, 0.2) is 0 Å². The van der Waals surface area contributed by atoms with Crippen LogP contribution >= 0.6 is 0 Å². The van der Waals surface area contributed by atoms with Crippen LogP contribution in [0.3, 0.4) is 0 Å². The molecule has 1 aliphatic rings. The summed E-state index contributed by atoms with van der Waals surface area (Å²) in [6, 6.07) is 0. The van der Waals surface area contributed by atoms with Gasteiger partial charge in [-0.1, -0.05) is 0 Å². The maximum atomic E-state index is 11.4. The van der Waals surface area contributed by atoms with Crippen LogP contribution in [0.4, 0.5) is 0 Å². The van der Waals surface area contributed by atoms with E-state index in [0.717, 1.165) is 11.5 Å². The van der Waals surface area contributed by atoms with E-state index >= 15 is 0 Å². The van der Waals surface area contributed by atoms with Gasteiger partial charge < -0.3 is 4.84 Å². The van der Waals surface area contributed by atoms with Crippen molar-refractivity contribution in [1.29, 1.82) is 0 Å². The van der Waals surface area contributed by atoms with E-state index in [0.29, 0.717) is 13.0 Å². The zero-order valence-electron chi connectivity index (χ0n) is 8.29. The number of hydrogen-bond acceptors (Lipinski definition) is 3. The maximum Gasteiger partial charge on any atom is 0.337 e. The molecule has 0 saturated carbocycles. The summed E-state index contributed by atoms with van der Waals surface area (Å²) >= 11 is 0. The fourth-order valence-corrected chi connectivity index (χ4v) is 0.957. The first-order chi connectivity index (χ1) is 5.91. The lowest BCUT2D eigenvalue weighted by molar-refractivity contribution is -0.200. The van der Waals surface area contributed by atoms with Gasteiger partial charge in [0.25, 0.3) is 5.91 Å². The van der Waals surface area contributed by atoms with Gasteiger partial charge in [0.05, 0.1) is 12.0 Å². The van der Waals surface area contributed by atoms with Crippen LogP contribution in [0, 0.1) is 5.41 Å². The molecule has 0 spiro atoms. The van der Waals surface area contributed by atoms with Gasteiger partial charge in [-0.2, -0.15) is 5.06 Å². The van der Waals surface area contributed by atoms with Crippen molar-refractivity contribution in [3.8, 4) is 0 Å². The van der Waals surface area contributed by atoms with Crippen LogP contribution in [-0.4, -0.2) is 23.5 Å². The fourth-order valence-electron chi connectivity index (χ4n) is 0.957. The zero-order chi connectivity index (χ0) is 10.1. The largest absolute Gasteiger partial charge is 0.338 e. The van der Waals surface area contributed by atoms with E-state index in [1.54, 1.807) is 20.8 Å². The highest BCUT2D eigenvalue weighted by Crippen LogP contribution is 2.18. The van der Waals surface area contributed by atoms with Crippen molar-refractivity contribution in [3.05, 3.63) is 0 Å². The van der Waals surface area contributed by atoms with Gasteiger partial charge in [-0.15, -0.1) is 0 Å². The number of hydroxylamine groups is 2. The number of carbonyl (C=O) groups excluding carboxylic acids is 2. The van der Waals surface area contributed by atoms with Crippen molar-refractivity contribution in [2.45, 2.75) is 33.6 Å². The third-order valence-corrected chi connectivity index (χ3v) is 1.84. The first kappa shape index (κ1) is 10.0. The second-order valence-corrected chi connectivity index (χ2v) is 4.23. The molecule has 0 radical (unpaired) electrons. The van der Waals surface area contributed by atoms with E-state index in [2.05, 4.69) is 0 Å². The predicted octanol–water partition coefficient (Wildman–Crippen LogP) is 1.11. The predicted molar refractivity (Wildman–Crippen MR) is 46.5 cm³/mol. The minimum Gasteiger partial charge on any atom is -0.338 e. The van der Waals surface area contributed by atoms with E-state index in [-0.39, 0.29) is 11.9 Å². The van der Waals surface area contributed by atoms with Crippen LogP contribution in [0.1, 0.15) is 33.6 Å². The highest BCUT2D eigenvalue weighted by atomic mass is 16.7. The van der Waals surface area contributed by atoms with Crippen LogP contribution in [-0.2, 0) is 14.4 Å². The van der Waals surface area contributed by atoms with Gasteiger partial charge in [0.15, 0.2) is 0 Å². The standard InChI is InChI=1S/C9H15NO3/c1-9(2,3)8(12)13-10-6-4-5-7(10)11/h4-6H2,1-3H3. The number of rotatable bonds is 1. The summed E-state index contributed by atoms with van der Waals surface area (Å²) in [4.78, 5) is 27.4. The summed E-state index contributed by atoms with van der Waals surface area (Å²) in [7, 11) is 0. The van der Waals surface area contributed by atoms with E-state index in [1.807, 2.05) is 0 Å². The first-order valence-corrected chi connectivity index (χ1v) is 4.44. The van der Waals surface area contributed by atoms with Crippen molar-refractivity contribution >= 4 is 11.9 Å². The Morgan fingerprint density at radius 3 is 2.46 bits per heavy atom. The Labute approximate surface area is 77.8 Å². The van der Waals surface area contributed by atoms with Gasteiger partial charge in [0.2, 0.25) is 0 Å². The molecule has 0 aromatic rings. The summed E-state index contributed by atoms with van der Waals surface area (Å²) < 4.78 is 0. The molecule has 1 amide bonds. The van der Waals surface area contributed by atoms with E-state index in [1.165, 1.54) is 0 Å². The summed E-state index contributed by atoms with van der Waals surface area (Å²) in [5, 5.41) is 1.16. The Morgan fingerprint density at radius 1 is 1.46 bits per heavy atom. The summed E-state index contributed by atoms with van der Waals surface area (Å²) in [6.07, 6.45) is 1.26. The smallest absolute Gasteiger partial charge is 0.337 e. The molecule has 0 atom stereocenters. The monoisotopic (exact) mass is 185 g/mol. The molecule has 0 unspecified atom stereocenters. The number of carbonyl (C=O) groups is 2. The summed E-state index contributed by atoms with van der Waals surface area (Å²) in [5.41, 5.74) is -0.553. The molecule has 1 fully saturated rings. The summed E-state index contributed by atoms with van der Waals surface area (Å²) in [6.45, 7) is 5.81. The molecule has 13 heavy (non-hydrogen) atoms. The highest BCUT2D eigenvalue weighted by molar-refractivity contribution is 5.81. The second-order valence-electron chi connectivity index (χ2n) is 4.23. The Balaban J connectivity index is 2.49. The van der Waals surface area contributed by atoms with E-state index < -0.39 is 5.41 Å². The van der Waals surface area contributed by atoms with Crippen molar-refractivity contribution in [3.63, 3.8) is 0 Å².